The first-order valence-corrected chi connectivity index (χ1v) is 11.6. The molecule has 2 aliphatic heterocycles. The second-order valence-electron chi connectivity index (χ2n) is 9.99. The normalized spacial score (nSPS) is 33.4. The molecule has 0 amide bonds. The van der Waals surface area contributed by atoms with Crippen LogP contribution in [-0.4, -0.2) is 57.6 Å². The van der Waals surface area contributed by atoms with Crippen LogP contribution in [0.4, 0.5) is 14.6 Å². The minimum Gasteiger partial charge on any atom is -0.431 e. The average Bonchev–Trinajstić information content (AvgIpc) is 3.09. The molecule has 9 heteroatoms. The fraction of sp³-hybridized carbons (Fsp3) is 0.652. The summed E-state index contributed by atoms with van der Waals surface area (Å²) in [4.78, 5) is 6.76. The summed E-state index contributed by atoms with van der Waals surface area (Å²) in [7, 11) is 0. The summed E-state index contributed by atoms with van der Waals surface area (Å²) in [6, 6.07) is 5.76. The molecule has 2 bridgehead atoms. The molecule has 2 saturated carbocycles. The molecule has 6 rings (SSSR count). The Morgan fingerprint density at radius 2 is 1.81 bits per heavy atom. The molecule has 0 spiro atoms. The van der Waals surface area contributed by atoms with Crippen molar-refractivity contribution in [2.24, 2.45) is 11.8 Å². The first kappa shape index (κ1) is 20.4. The van der Waals surface area contributed by atoms with E-state index in [1.807, 2.05) is 0 Å². The Balaban J connectivity index is 1.22. The van der Waals surface area contributed by atoms with Gasteiger partial charge in [0.1, 0.15) is 0 Å². The van der Waals surface area contributed by atoms with E-state index in [0.29, 0.717) is 41.4 Å². The van der Waals surface area contributed by atoms with Gasteiger partial charge in [0.05, 0.1) is 18.9 Å². The third kappa shape index (κ3) is 3.20. The van der Waals surface area contributed by atoms with Gasteiger partial charge < -0.3 is 15.2 Å². The van der Waals surface area contributed by atoms with Crippen molar-refractivity contribution in [1.29, 1.82) is 0 Å². The molecular formula is C23H29F2N5O2. The summed E-state index contributed by atoms with van der Waals surface area (Å²) in [6.45, 7) is 3.07. The highest BCUT2D eigenvalue weighted by Gasteiger charge is 2.61. The van der Waals surface area contributed by atoms with Crippen LogP contribution < -0.4 is 10.5 Å². The largest absolute Gasteiger partial charge is 0.431 e. The van der Waals surface area contributed by atoms with Crippen LogP contribution in [-0.2, 0) is 4.74 Å². The second kappa shape index (κ2) is 7.38. The standard InChI is InChI=1S/C23H29F2N5O2/c1-11(2)30-19(7-18(28-30)12-3-20(32-23(24)25)22(26)27-8-12)21-16-5-13(6-17(16)21)29-14-4-15(29)10-31-9-14/h3,7-8,11,13-17,21,23H,4-6,9-10H2,1-2H3,(H2,26,27)/t13?,14?,15?,16-,17+,21+. The van der Waals surface area contributed by atoms with E-state index in [9.17, 15) is 8.78 Å². The number of alkyl halides is 2. The molecule has 0 aromatic carbocycles. The van der Waals surface area contributed by atoms with Crippen LogP contribution in [0.15, 0.2) is 18.3 Å². The molecule has 4 fully saturated rings. The zero-order valence-electron chi connectivity index (χ0n) is 18.3. The molecular weight excluding hydrogens is 416 g/mol. The van der Waals surface area contributed by atoms with Crippen LogP contribution in [0, 0.1) is 11.8 Å². The third-order valence-electron chi connectivity index (χ3n) is 7.84. The van der Waals surface area contributed by atoms with E-state index in [2.05, 4.69) is 39.2 Å². The molecule has 7 nitrogen and oxygen atoms in total. The first-order chi connectivity index (χ1) is 15.4. The van der Waals surface area contributed by atoms with Crippen molar-refractivity contribution in [3.05, 3.63) is 24.0 Å². The summed E-state index contributed by atoms with van der Waals surface area (Å²) in [6.07, 6.45) is 5.36. The van der Waals surface area contributed by atoms with Crippen molar-refractivity contribution in [3.8, 4) is 17.0 Å². The van der Waals surface area contributed by atoms with Crippen molar-refractivity contribution >= 4 is 5.82 Å². The van der Waals surface area contributed by atoms with Gasteiger partial charge in [-0.1, -0.05) is 0 Å². The fourth-order valence-corrected chi connectivity index (χ4v) is 6.45. The summed E-state index contributed by atoms with van der Waals surface area (Å²) in [5.41, 5.74) is 8.29. The maximum Gasteiger partial charge on any atom is 0.387 e. The number of hydrogen-bond donors (Lipinski definition) is 1. The zero-order valence-corrected chi connectivity index (χ0v) is 18.3. The number of ether oxygens (including phenoxy) is 2. The second-order valence-corrected chi connectivity index (χ2v) is 9.99. The molecule has 4 aliphatic rings. The van der Waals surface area contributed by atoms with E-state index < -0.39 is 6.61 Å². The number of rotatable bonds is 6. The SMILES string of the molecule is CC(C)n1nc(-c2cnc(N)c(OC(F)F)c2)cc1[C@H]1[C@@H]2CC(N3C4COCC3C4)C[C@@H]21. The number of nitrogen functional groups attached to an aromatic ring is 1. The van der Waals surface area contributed by atoms with Gasteiger partial charge in [0.15, 0.2) is 11.6 Å². The molecule has 6 atom stereocenters. The molecule has 32 heavy (non-hydrogen) atoms. The van der Waals surface area contributed by atoms with Gasteiger partial charge in [-0.05, 0) is 57.1 Å². The van der Waals surface area contributed by atoms with Crippen molar-refractivity contribution in [3.63, 3.8) is 0 Å². The third-order valence-corrected chi connectivity index (χ3v) is 7.84. The Bertz CT molecular complexity index is 1000. The molecule has 4 heterocycles. The minimum absolute atomic E-state index is 0.0542. The van der Waals surface area contributed by atoms with Crippen molar-refractivity contribution in [2.45, 2.75) is 69.8 Å². The zero-order chi connectivity index (χ0) is 22.1. The topological polar surface area (TPSA) is 78.4 Å². The Morgan fingerprint density at radius 3 is 2.44 bits per heavy atom. The molecule has 172 valence electrons. The number of fused-ring (bicyclic) bond motifs is 3. The van der Waals surface area contributed by atoms with Crippen molar-refractivity contribution in [1.82, 2.24) is 19.7 Å². The predicted octanol–water partition coefficient (Wildman–Crippen LogP) is 3.67. The highest BCUT2D eigenvalue weighted by atomic mass is 19.3. The van der Waals surface area contributed by atoms with Gasteiger partial charge in [-0.2, -0.15) is 13.9 Å². The smallest absolute Gasteiger partial charge is 0.387 e. The van der Waals surface area contributed by atoms with Gasteiger partial charge in [0.25, 0.3) is 0 Å². The van der Waals surface area contributed by atoms with E-state index in [4.69, 9.17) is 15.6 Å². The first-order valence-electron chi connectivity index (χ1n) is 11.6. The van der Waals surface area contributed by atoms with Gasteiger partial charge in [-0.25, -0.2) is 4.98 Å². The Hall–Kier alpha value is -2.26. The highest BCUT2D eigenvalue weighted by Crippen LogP contribution is 2.65. The minimum atomic E-state index is -2.95. The van der Waals surface area contributed by atoms with Crippen LogP contribution in [0.2, 0.25) is 0 Å². The number of halogens is 2. The predicted molar refractivity (Wildman–Crippen MR) is 114 cm³/mol. The van der Waals surface area contributed by atoms with E-state index in [1.54, 1.807) is 6.20 Å². The average molecular weight is 446 g/mol. The van der Waals surface area contributed by atoms with Gasteiger partial charge >= 0.3 is 6.61 Å². The molecule has 2 aliphatic carbocycles. The molecule has 2 aromatic heterocycles. The summed E-state index contributed by atoms with van der Waals surface area (Å²) in [5.74, 6) is 1.75. The number of aromatic nitrogens is 3. The van der Waals surface area contributed by atoms with Gasteiger partial charge in [-0.3, -0.25) is 9.58 Å². The quantitative estimate of drug-likeness (QED) is 0.731. The number of pyridine rings is 1. The molecule has 2 N–H and O–H groups in total. The fourth-order valence-electron chi connectivity index (χ4n) is 6.45. The van der Waals surface area contributed by atoms with Gasteiger partial charge in [0.2, 0.25) is 0 Å². The summed E-state index contributed by atoms with van der Waals surface area (Å²) in [5, 5.41) is 4.81. The van der Waals surface area contributed by atoms with Gasteiger partial charge in [-0.15, -0.1) is 0 Å². The van der Waals surface area contributed by atoms with Crippen LogP contribution in [0.25, 0.3) is 11.3 Å². The van der Waals surface area contributed by atoms with Crippen LogP contribution in [0.3, 0.4) is 0 Å². The van der Waals surface area contributed by atoms with Crippen LogP contribution >= 0.6 is 0 Å². The van der Waals surface area contributed by atoms with E-state index in [0.717, 1.165) is 18.9 Å². The lowest BCUT2D eigenvalue weighted by molar-refractivity contribution is -0.147. The Morgan fingerprint density at radius 1 is 1.09 bits per heavy atom. The number of nitrogens with zero attached hydrogens (tertiary/aromatic N) is 4. The van der Waals surface area contributed by atoms with E-state index in [1.165, 1.54) is 31.0 Å². The van der Waals surface area contributed by atoms with Crippen LogP contribution in [0.5, 0.6) is 5.75 Å². The maximum atomic E-state index is 12.7. The van der Waals surface area contributed by atoms with Crippen molar-refractivity contribution < 1.29 is 18.3 Å². The maximum absolute atomic E-state index is 12.7. The molecule has 2 saturated heterocycles. The lowest BCUT2D eigenvalue weighted by atomic mass is 9.87. The molecule has 2 aromatic rings. The van der Waals surface area contributed by atoms with E-state index in [-0.39, 0.29) is 17.6 Å². The molecule has 0 radical (unpaired) electrons. The Labute approximate surface area is 185 Å². The molecule has 3 unspecified atom stereocenters. The number of hydrogen-bond acceptors (Lipinski definition) is 6. The van der Waals surface area contributed by atoms with Gasteiger partial charge in [0, 0.05) is 47.5 Å². The lowest BCUT2D eigenvalue weighted by Gasteiger charge is -2.55. The van der Waals surface area contributed by atoms with Crippen molar-refractivity contribution in [2.75, 3.05) is 18.9 Å². The summed E-state index contributed by atoms with van der Waals surface area (Å²) < 4.78 is 37.7. The highest BCUT2D eigenvalue weighted by molar-refractivity contribution is 5.64. The number of nitrogens with two attached hydrogens (primary N) is 1. The monoisotopic (exact) mass is 445 g/mol. The Kier molecular flexibility index (Phi) is 4.69. The number of anilines is 1. The summed E-state index contributed by atoms with van der Waals surface area (Å²) >= 11 is 0. The lowest BCUT2D eigenvalue weighted by Crippen LogP contribution is -2.66. The number of morpholine rings is 1. The van der Waals surface area contributed by atoms with Crippen LogP contribution in [0.1, 0.15) is 50.8 Å². The van der Waals surface area contributed by atoms with E-state index >= 15 is 0 Å².